The molecule has 2 aromatic rings. The molecule has 2 heterocycles. The van der Waals surface area contributed by atoms with Gasteiger partial charge in [-0.1, -0.05) is 17.7 Å². The Balaban J connectivity index is 1.99. The molecule has 0 unspecified atom stereocenters. The van der Waals surface area contributed by atoms with Crippen molar-refractivity contribution in [2.24, 2.45) is 4.99 Å². The van der Waals surface area contributed by atoms with E-state index in [1.54, 1.807) is 11.3 Å². The number of amidine groups is 1. The van der Waals surface area contributed by atoms with Crippen molar-refractivity contribution in [1.29, 1.82) is 0 Å². The average Bonchev–Trinajstić information content (AvgIpc) is 3.03. The van der Waals surface area contributed by atoms with E-state index in [9.17, 15) is 0 Å². The standard InChI is InChI=1S/C14H14ClN3S/c1-9-8-19-14(18-9)12-7-11(15)3-2-10(12)6-13-16-4-5-17-13/h2-3,7-8H,4-6H2,1H3,(H,16,17). The summed E-state index contributed by atoms with van der Waals surface area (Å²) >= 11 is 7.77. The third kappa shape index (κ3) is 2.80. The van der Waals surface area contributed by atoms with Gasteiger partial charge in [-0.2, -0.15) is 0 Å². The molecule has 1 aromatic heterocycles. The fourth-order valence-corrected chi connectivity index (χ4v) is 3.15. The fraction of sp³-hybridized carbons (Fsp3) is 0.286. The first-order chi connectivity index (χ1) is 9.22. The van der Waals surface area contributed by atoms with Crippen LogP contribution in [0.3, 0.4) is 0 Å². The number of thiazole rings is 1. The van der Waals surface area contributed by atoms with Crippen molar-refractivity contribution in [3.05, 3.63) is 39.9 Å². The molecule has 0 fully saturated rings. The number of aromatic nitrogens is 1. The highest BCUT2D eigenvalue weighted by molar-refractivity contribution is 7.13. The van der Waals surface area contributed by atoms with E-state index in [-0.39, 0.29) is 0 Å². The molecule has 0 aliphatic carbocycles. The first kappa shape index (κ1) is 12.6. The number of hydrogen-bond donors (Lipinski definition) is 1. The van der Waals surface area contributed by atoms with Crippen LogP contribution in [0.4, 0.5) is 0 Å². The van der Waals surface area contributed by atoms with Crippen LogP contribution in [-0.2, 0) is 6.42 Å². The molecule has 0 saturated heterocycles. The van der Waals surface area contributed by atoms with Crippen molar-refractivity contribution in [2.45, 2.75) is 13.3 Å². The Morgan fingerprint density at radius 3 is 3.00 bits per heavy atom. The van der Waals surface area contributed by atoms with E-state index in [1.807, 2.05) is 19.1 Å². The molecule has 5 heteroatoms. The van der Waals surface area contributed by atoms with Gasteiger partial charge in [-0.3, -0.25) is 4.99 Å². The predicted octanol–water partition coefficient (Wildman–Crippen LogP) is 3.32. The van der Waals surface area contributed by atoms with Crippen LogP contribution < -0.4 is 5.32 Å². The normalized spacial score (nSPS) is 14.3. The molecular formula is C14H14ClN3S. The molecule has 1 aliphatic heterocycles. The highest BCUT2D eigenvalue weighted by Crippen LogP contribution is 2.30. The molecule has 1 aliphatic rings. The number of benzene rings is 1. The number of nitrogens with zero attached hydrogens (tertiary/aromatic N) is 2. The Morgan fingerprint density at radius 1 is 1.42 bits per heavy atom. The smallest absolute Gasteiger partial charge is 0.123 e. The van der Waals surface area contributed by atoms with Gasteiger partial charge in [0, 0.05) is 34.6 Å². The summed E-state index contributed by atoms with van der Waals surface area (Å²) in [5, 5.41) is 7.13. The van der Waals surface area contributed by atoms with E-state index < -0.39 is 0 Å². The topological polar surface area (TPSA) is 37.3 Å². The molecule has 0 saturated carbocycles. The zero-order chi connectivity index (χ0) is 13.2. The van der Waals surface area contributed by atoms with Crippen LogP contribution in [0.2, 0.25) is 5.02 Å². The maximum absolute atomic E-state index is 6.12. The van der Waals surface area contributed by atoms with Gasteiger partial charge in [0.2, 0.25) is 0 Å². The maximum Gasteiger partial charge on any atom is 0.123 e. The molecule has 0 amide bonds. The van der Waals surface area contributed by atoms with E-state index in [4.69, 9.17) is 11.6 Å². The van der Waals surface area contributed by atoms with Crippen molar-refractivity contribution < 1.29 is 0 Å². The summed E-state index contributed by atoms with van der Waals surface area (Å²) in [7, 11) is 0. The van der Waals surface area contributed by atoms with Crippen LogP contribution in [0.15, 0.2) is 28.6 Å². The molecule has 3 rings (SSSR count). The van der Waals surface area contributed by atoms with Crippen LogP contribution >= 0.6 is 22.9 Å². The Hall–Kier alpha value is -1.39. The number of halogens is 1. The number of aryl methyl sites for hydroxylation is 1. The zero-order valence-electron chi connectivity index (χ0n) is 10.6. The van der Waals surface area contributed by atoms with E-state index >= 15 is 0 Å². The summed E-state index contributed by atoms with van der Waals surface area (Å²) < 4.78 is 0. The third-order valence-electron chi connectivity index (χ3n) is 3.02. The first-order valence-corrected chi connectivity index (χ1v) is 7.46. The Labute approximate surface area is 121 Å². The summed E-state index contributed by atoms with van der Waals surface area (Å²) in [5.41, 5.74) is 3.37. The van der Waals surface area contributed by atoms with Crippen molar-refractivity contribution in [3.63, 3.8) is 0 Å². The lowest BCUT2D eigenvalue weighted by Gasteiger charge is -2.08. The summed E-state index contributed by atoms with van der Waals surface area (Å²) in [5.74, 6) is 1.05. The van der Waals surface area contributed by atoms with Crippen molar-refractivity contribution in [1.82, 2.24) is 10.3 Å². The minimum absolute atomic E-state index is 0.743. The third-order valence-corrected chi connectivity index (χ3v) is 4.25. The maximum atomic E-state index is 6.12. The van der Waals surface area contributed by atoms with E-state index in [0.29, 0.717) is 0 Å². The molecule has 0 radical (unpaired) electrons. The second kappa shape index (κ2) is 5.31. The van der Waals surface area contributed by atoms with Crippen molar-refractivity contribution in [3.8, 4) is 10.6 Å². The van der Waals surface area contributed by atoms with Gasteiger partial charge >= 0.3 is 0 Å². The molecule has 98 valence electrons. The Morgan fingerprint density at radius 2 is 2.32 bits per heavy atom. The van der Waals surface area contributed by atoms with Crippen LogP contribution in [-0.4, -0.2) is 23.9 Å². The van der Waals surface area contributed by atoms with E-state index in [1.165, 1.54) is 5.56 Å². The van der Waals surface area contributed by atoms with E-state index in [2.05, 4.69) is 26.7 Å². The molecule has 0 bridgehead atoms. The second-order valence-electron chi connectivity index (χ2n) is 4.53. The van der Waals surface area contributed by atoms with Gasteiger partial charge in [0.1, 0.15) is 10.8 Å². The lowest BCUT2D eigenvalue weighted by atomic mass is 10.0. The van der Waals surface area contributed by atoms with Crippen molar-refractivity contribution >= 4 is 28.8 Å². The first-order valence-electron chi connectivity index (χ1n) is 6.20. The molecule has 19 heavy (non-hydrogen) atoms. The van der Waals surface area contributed by atoms with Gasteiger partial charge in [0.25, 0.3) is 0 Å². The van der Waals surface area contributed by atoms with Crippen molar-refractivity contribution in [2.75, 3.05) is 13.1 Å². The summed E-state index contributed by atoms with van der Waals surface area (Å²) in [6.45, 7) is 3.82. The minimum Gasteiger partial charge on any atom is -0.372 e. The van der Waals surface area contributed by atoms with Gasteiger partial charge in [-0.25, -0.2) is 4.98 Å². The monoisotopic (exact) mass is 291 g/mol. The summed E-state index contributed by atoms with van der Waals surface area (Å²) in [6.07, 6.45) is 0.811. The summed E-state index contributed by atoms with van der Waals surface area (Å²) in [6, 6.07) is 5.98. The van der Waals surface area contributed by atoms with Gasteiger partial charge in [0.15, 0.2) is 0 Å². The van der Waals surface area contributed by atoms with Crippen LogP contribution in [0, 0.1) is 6.92 Å². The Kier molecular flexibility index (Phi) is 3.53. The quantitative estimate of drug-likeness (QED) is 0.942. The lowest BCUT2D eigenvalue weighted by Crippen LogP contribution is -2.20. The molecule has 0 atom stereocenters. The highest BCUT2D eigenvalue weighted by Gasteiger charge is 2.13. The number of aliphatic imine (C=N–C) groups is 1. The van der Waals surface area contributed by atoms with Crippen LogP contribution in [0.1, 0.15) is 11.3 Å². The second-order valence-corrected chi connectivity index (χ2v) is 5.82. The van der Waals surface area contributed by atoms with Crippen LogP contribution in [0.25, 0.3) is 10.6 Å². The van der Waals surface area contributed by atoms with Crippen LogP contribution in [0.5, 0.6) is 0 Å². The molecule has 0 spiro atoms. The fourth-order valence-electron chi connectivity index (χ4n) is 2.13. The predicted molar refractivity (Wildman–Crippen MR) is 81.3 cm³/mol. The minimum atomic E-state index is 0.743. The largest absolute Gasteiger partial charge is 0.372 e. The molecular weight excluding hydrogens is 278 g/mol. The highest BCUT2D eigenvalue weighted by atomic mass is 35.5. The van der Waals surface area contributed by atoms with Gasteiger partial charge in [-0.15, -0.1) is 11.3 Å². The van der Waals surface area contributed by atoms with Gasteiger partial charge < -0.3 is 5.32 Å². The van der Waals surface area contributed by atoms with Gasteiger partial charge in [-0.05, 0) is 24.6 Å². The number of hydrogen-bond acceptors (Lipinski definition) is 4. The zero-order valence-corrected chi connectivity index (χ0v) is 12.2. The number of nitrogens with one attached hydrogen (secondary N) is 1. The van der Waals surface area contributed by atoms with E-state index in [0.717, 1.165) is 46.6 Å². The number of rotatable bonds is 3. The average molecular weight is 292 g/mol. The Bertz CT molecular complexity index is 633. The SMILES string of the molecule is Cc1csc(-c2cc(Cl)ccc2CC2=NCCN2)n1. The molecule has 1 N–H and O–H groups in total. The molecule has 1 aromatic carbocycles. The summed E-state index contributed by atoms with van der Waals surface area (Å²) in [4.78, 5) is 9.01. The lowest BCUT2D eigenvalue weighted by molar-refractivity contribution is 0.953. The molecule has 3 nitrogen and oxygen atoms in total. The van der Waals surface area contributed by atoms with Gasteiger partial charge in [0.05, 0.1) is 6.54 Å².